The molecule has 7 heteroatoms. The van der Waals surface area contributed by atoms with Crippen molar-refractivity contribution >= 4 is 49.3 Å². The Kier molecular flexibility index (Phi) is 13.0. The first kappa shape index (κ1) is 52.4. The Morgan fingerprint density at radius 2 is 0.573 bits per heavy atom. The lowest BCUT2D eigenvalue weighted by Gasteiger charge is -2.20. The number of fused-ring (bicyclic) bond motifs is 6. The van der Waals surface area contributed by atoms with E-state index in [0.29, 0.717) is 5.69 Å². The van der Waals surface area contributed by atoms with Gasteiger partial charge in [-0.3, -0.25) is 19.9 Å². The molecule has 0 saturated heterocycles. The summed E-state index contributed by atoms with van der Waals surface area (Å²) in [5.41, 5.74) is 25.6. The molecule has 0 aliphatic heterocycles. The summed E-state index contributed by atoms with van der Waals surface area (Å²) in [5, 5.41) is 4.27. The average molecular weight is 1140 g/mol. The van der Waals surface area contributed by atoms with Crippen molar-refractivity contribution < 1.29 is 0 Å². The molecule has 89 heavy (non-hydrogen) atoms. The average Bonchev–Trinajstić information content (AvgIpc) is 1.88. The van der Waals surface area contributed by atoms with E-state index >= 15 is 0 Å². The lowest BCUT2D eigenvalue weighted by molar-refractivity contribution is 1.15. The minimum Gasteiger partial charge on any atom is -0.319 e. The number of pyridine rings is 4. The van der Waals surface area contributed by atoms with E-state index in [1.807, 2.05) is 97.6 Å². The molecular formula is C82H53N7. The van der Waals surface area contributed by atoms with Crippen molar-refractivity contribution in [1.29, 1.82) is 0 Å². The van der Waals surface area contributed by atoms with Crippen molar-refractivity contribution in [2.24, 2.45) is 0 Å². The zero-order chi connectivity index (χ0) is 59.4. The van der Waals surface area contributed by atoms with Gasteiger partial charge in [0.15, 0.2) is 0 Å². The fourth-order valence-electron chi connectivity index (χ4n) is 12.8. The summed E-state index contributed by atoms with van der Waals surface area (Å²) >= 11 is 0. The van der Waals surface area contributed by atoms with Crippen LogP contribution in [-0.4, -0.2) is 29.1 Å². The zero-order valence-electron chi connectivity index (χ0n) is 48.5. The van der Waals surface area contributed by atoms with Crippen LogP contribution in [-0.2, 0) is 0 Å². The van der Waals surface area contributed by atoms with E-state index < -0.39 is 0 Å². The van der Waals surface area contributed by atoms with Crippen molar-refractivity contribution in [3.63, 3.8) is 0 Å². The lowest BCUT2D eigenvalue weighted by atomic mass is 9.97. The molecule has 0 spiro atoms. The SMILES string of the molecule is [C-]#[N+]c1cc(-n2c3ccc(-c4ccc(-c5ccccc5)nc4)cc3c3cc(-c4ccc(-c5ccccc5)nc4)ccc32)c(-c2ccccc2C)cc1-n1c2ccc(-c3ccc(-c4ccccc4)nc3)cc2c2cc(-c3ccc(-c4ccccc4)nc3)ccc21. The summed E-state index contributed by atoms with van der Waals surface area (Å²) in [4.78, 5) is 24.3. The maximum absolute atomic E-state index is 9.18. The molecule has 416 valence electrons. The Morgan fingerprint density at radius 3 is 0.876 bits per heavy atom. The Labute approximate surface area is 515 Å². The summed E-state index contributed by atoms with van der Waals surface area (Å²) in [6, 6.07) is 97.9. The summed E-state index contributed by atoms with van der Waals surface area (Å²) in [5.74, 6) is 0. The van der Waals surface area contributed by atoms with E-state index in [1.54, 1.807) is 0 Å². The molecule has 0 unspecified atom stereocenters. The molecule has 0 radical (unpaired) electrons. The smallest absolute Gasteiger partial charge is 0.212 e. The van der Waals surface area contributed by atoms with Crippen LogP contribution in [0.25, 0.3) is 160 Å². The van der Waals surface area contributed by atoms with E-state index in [9.17, 15) is 6.57 Å². The number of hydrogen-bond donors (Lipinski definition) is 0. The van der Waals surface area contributed by atoms with Crippen molar-refractivity contribution in [1.82, 2.24) is 29.1 Å². The normalized spacial score (nSPS) is 11.4. The summed E-state index contributed by atoms with van der Waals surface area (Å²) in [6.45, 7) is 11.4. The molecular weight excluding hydrogens is 1080 g/mol. The van der Waals surface area contributed by atoms with Crippen LogP contribution in [0.3, 0.4) is 0 Å². The minimum atomic E-state index is 0.517. The van der Waals surface area contributed by atoms with E-state index in [-0.39, 0.29) is 0 Å². The van der Waals surface area contributed by atoms with E-state index in [0.717, 1.165) is 161 Å². The van der Waals surface area contributed by atoms with Crippen LogP contribution in [0.15, 0.2) is 304 Å². The van der Waals surface area contributed by atoms with Gasteiger partial charge in [-0.2, -0.15) is 0 Å². The molecule has 0 N–H and O–H groups in total. The fourth-order valence-corrected chi connectivity index (χ4v) is 12.8. The van der Waals surface area contributed by atoms with Crippen LogP contribution in [0.4, 0.5) is 5.69 Å². The number of aryl methyl sites for hydroxylation is 1. The van der Waals surface area contributed by atoms with Gasteiger partial charge in [0.05, 0.1) is 57.1 Å². The van der Waals surface area contributed by atoms with Gasteiger partial charge in [0, 0.05) is 102 Å². The molecule has 0 saturated carbocycles. The Bertz CT molecular complexity index is 5100. The molecule has 10 aromatic carbocycles. The molecule has 0 aliphatic rings. The molecule has 6 aromatic heterocycles. The second-order valence-electron chi connectivity index (χ2n) is 22.6. The van der Waals surface area contributed by atoms with Gasteiger partial charge in [0.2, 0.25) is 5.69 Å². The van der Waals surface area contributed by atoms with Gasteiger partial charge in [0.1, 0.15) is 0 Å². The molecule has 16 rings (SSSR count). The predicted octanol–water partition coefficient (Wildman–Crippen LogP) is 21.3. The standard InChI is InChI=1S/C82H53N7/c1-53-17-15-16-26-66(53)71-47-82(89-79-41-33-60(64-29-37-74(86-51-64)56-22-11-5-12-23-56)45-69(79)70-46-61(34-42-80(70)89)65-30-38-75(87-52-65)57-24-13-6-14-25-57)76(83-2)48-81(71)88-77-39-31-58(62-27-35-72(84-49-62)54-18-7-3-8-19-54)43-67(77)68-44-59(32-40-78(68)88)63-28-36-73(85-50-63)55-20-9-4-10-21-55/h3-52H,1H3. The predicted molar refractivity (Wildman–Crippen MR) is 366 cm³/mol. The number of rotatable bonds is 11. The van der Waals surface area contributed by atoms with Gasteiger partial charge < -0.3 is 9.13 Å². The molecule has 6 heterocycles. The van der Waals surface area contributed by atoms with Crippen LogP contribution in [0.5, 0.6) is 0 Å². The van der Waals surface area contributed by atoms with Gasteiger partial charge in [0.25, 0.3) is 0 Å². The third-order valence-electron chi connectivity index (χ3n) is 17.3. The lowest BCUT2D eigenvalue weighted by Crippen LogP contribution is -2.02. The molecule has 16 aromatic rings. The highest BCUT2D eigenvalue weighted by Crippen LogP contribution is 2.46. The van der Waals surface area contributed by atoms with Crippen molar-refractivity contribution in [3.05, 3.63) is 321 Å². The first-order chi connectivity index (χ1) is 44.0. The zero-order valence-corrected chi connectivity index (χ0v) is 48.5. The number of aromatic nitrogens is 6. The summed E-state index contributed by atoms with van der Waals surface area (Å²) in [6.07, 6.45) is 7.88. The summed E-state index contributed by atoms with van der Waals surface area (Å²) < 4.78 is 4.66. The van der Waals surface area contributed by atoms with E-state index in [4.69, 9.17) is 19.9 Å². The van der Waals surface area contributed by atoms with Crippen molar-refractivity contribution in [2.75, 3.05) is 0 Å². The molecule has 0 amide bonds. The van der Waals surface area contributed by atoms with Crippen molar-refractivity contribution in [3.8, 4) is 112 Å². The van der Waals surface area contributed by atoms with Gasteiger partial charge in [-0.05, 0) is 125 Å². The van der Waals surface area contributed by atoms with Crippen LogP contribution < -0.4 is 0 Å². The number of benzene rings is 10. The van der Waals surface area contributed by atoms with Crippen LogP contribution in [0.1, 0.15) is 5.56 Å². The monoisotopic (exact) mass is 1140 g/mol. The highest BCUT2D eigenvalue weighted by molar-refractivity contribution is 6.14. The van der Waals surface area contributed by atoms with Gasteiger partial charge in [-0.15, -0.1) is 0 Å². The fraction of sp³-hybridized carbons (Fsp3) is 0.0122. The molecule has 7 nitrogen and oxygen atoms in total. The maximum Gasteiger partial charge on any atom is 0.212 e. The second-order valence-corrected chi connectivity index (χ2v) is 22.6. The van der Waals surface area contributed by atoms with Crippen LogP contribution >= 0.6 is 0 Å². The Hall–Kier alpha value is -12.1. The first-order valence-electron chi connectivity index (χ1n) is 29.8. The third kappa shape index (κ3) is 9.50. The van der Waals surface area contributed by atoms with Gasteiger partial charge >= 0.3 is 0 Å². The number of nitrogens with zero attached hydrogens (tertiary/aromatic N) is 7. The Morgan fingerprint density at radius 1 is 0.270 bits per heavy atom. The summed E-state index contributed by atoms with van der Waals surface area (Å²) in [7, 11) is 0. The number of hydrogen-bond acceptors (Lipinski definition) is 4. The van der Waals surface area contributed by atoms with Crippen molar-refractivity contribution in [2.45, 2.75) is 6.92 Å². The van der Waals surface area contributed by atoms with Crippen LogP contribution in [0.2, 0.25) is 0 Å². The Balaban J connectivity index is 0.895. The molecule has 0 fully saturated rings. The first-order valence-corrected chi connectivity index (χ1v) is 29.8. The molecule has 0 aliphatic carbocycles. The van der Waals surface area contributed by atoms with E-state index in [2.05, 4.69) is 227 Å². The maximum atomic E-state index is 9.18. The highest BCUT2D eigenvalue weighted by atomic mass is 15.0. The quantitative estimate of drug-likeness (QED) is 0.121. The highest BCUT2D eigenvalue weighted by Gasteiger charge is 2.24. The second kappa shape index (κ2) is 22.1. The third-order valence-corrected chi connectivity index (χ3v) is 17.3. The van der Waals surface area contributed by atoms with Gasteiger partial charge in [-0.1, -0.05) is 194 Å². The topological polar surface area (TPSA) is 65.8 Å². The largest absolute Gasteiger partial charge is 0.319 e. The van der Waals surface area contributed by atoms with E-state index in [1.165, 1.54) is 0 Å². The van der Waals surface area contributed by atoms with Gasteiger partial charge in [-0.25, -0.2) is 4.85 Å². The minimum absolute atomic E-state index is 0.517. The van der Waals surface area contributed by atoms with Crippen LogP contribution in [0, 0.1) is 13.5 Å². The molecule has 0 atom stereocenters. The molecule has 0 bridgehead atoms.